The van der Waals surface area contributed by atoms with Gasteiger partial charge in [0.15, 0.2) is 0 Å². The molecule has 1 heterocycles. The van der Waals surface area contributed by atoms with Gasteiger partial charge in [0.05, 0.1) is 12.1 Å². The first-order valence-electron chi connectivity index (χ1n) is 5.11. The van der Waals surface area contributed by atoms with Gasteiger partial charge in [0.1, 0.15) is 11.6 Å². The lowest BCUT2D eigenvalue weighted by Crippen LogP contribution is -3.00. The van der Waals surface area contributed by atoms with Crippen molar-refractivity contribution in [2.24, 2.45) is 0 Å². The molecule has 0 saturated carbocycles. The first-order chi connectivity index (χ1) is 8.16. The van der Waals surface area contributed by atoms with Crippen LogP contribution in [0.5, 0.6) is 0 Å². The number of anilines is 2. The standard InChI is InChI=1S/C12H11F2N3.ClH.H2O/c13-9-3-1-4-10(14)8(9)7-16-12-6-2-5-11(15)17-12;;/h1-6H,7H2,(H3,15,16,17);1H;1H2. The summed E-state index contributed by atoms with van der Waals surface area (Å²) in [6, 6.07) is 8.95. The Morgan fingerprint density at radius 3 is 2.21 bits per heavy atom. The summed E-state index contributed by atoms with van der Waals surface area (Å²) in [5.41, 5.74) is 5.55. The van der Waals surface area contributed by atoms with Crippen molar-refractivity contribution in [3.8, 4) is 0 Å². The van der Waals surface area contributed by atoms with Crippen LogP contribution in [0.1, 0.15) is 5.56 Å². The maximum atomic E-state index is 13.3. The van der Waals surface area contributed by atoms with Crippen molar-refractivity contribution < 1.29 is 31.6 Å². The summed E-state index contributed by atoms with van der Waals surface area (Å²) in [4.78, 5) is 2.84. The van der Waals surface area contributed by atoms with Crippen LogP contribution in [0.4, 0.5) is 20.4 Å². The van der Waals surface area contributed by atoms with Gasteiger partial charge in [-0.2, -0.15) is 0 Å². The zero-order valence-electron chi connectivity index (χ0n) is 9.88. The second-order valence-corrected chi connectivity index (χ2v) is 3.57. The summed E-state index contributed by atoms with van der Waals surface area (Å²) < 4.78 is 26.6. The van der Waals surface area contributed by atoms with E-state index in [1.165, 1.54) is 18.2 Å². The third-order valence-corrected chi connectivity index (χ3v) is 2.33. The SMILES string of the molecule is Nc1cccc(NCc2c(F)cccc2F)[nH+]1.O.[Cl-]. The lowest BCUT2D eigenvalue weighted by atomic mass is 10.2. The molecule has 19 heavy (non-hydrogen) atoms. The Hall–Kier alpha value is -1.92. The van der Waals surface area contributed by atoms with Gasteiger partial charge < -0.3 is 28.9 Å². The number of hydrogen-bond donors (Lipinski definition) is 2. The second kappa shape index (κ2) is 7.50. The number of H-pyrrole nitrogens is 1. The number of benzene rings is 1. The summed E-state index contributed by atoms with van der Waals surface area (Å²) in [5.74, 6) is -0.0561. The molecule has 2 aromatic rings. The maximum absolute atomic E-state index is 13.3. The minimum atomic E-state index is -0.568. The van der Waals surface area contributed by atoms with Crippen molar-refractivity contribution in [3.05, 3.63) is 53.6 Å². The van der Waals surface area contributed by atoms with Gasteiger partial charge in [0.25, 0.3) is 0 Å². The molecule has 1 aromatic heterocycles. The van der Waals surface area contributed by atoms with E-state index in [2.05, 4.69) is 10.3 Å². The molecule has 0 aliphatic heterocycles. The Balaban J connectivity index is 0.00000162. The van der Waals surface area contributed by atoms with Gasteiger partial charge >= 0.3 is 0 Å². The van der Waals surface area contributed by atoms with Gasteiger partial charge in [-0.1, -0.05) is 6.07 Å². The molecule has 0 fully saturated rings. The number of nitrogens with one attached hydrogen (secondary N) is 2. The van der Waals surface area contributed by atoms with E-state index in [-0.39, 0.29) is 30.0 Å². The van der Waals surface area contributed by atoms with Gasteiger partial charge in [0.2, 0.25) is 11.6 Å². The molecule has 0 bridgehead atoms. The molecule has 4 nitrogen and oxygen atoms in total. The van der Waals surface area contributed by atoms with E-state index in [1.54, 1.807) is 18.2 Å². The summed E-state index contributed by atoms with van der Waals surface area (Å²) in [7, 11) is 0. The van der Waals surface area contributed by atoms with Crippen LogP contribution in [0, 0.1) is 11.6 Å². The molecule has 0 unspecified atom stereocenters. The molecule has 0 radical (unpaired) electrons. The van der Waals surface area contributed by atoms with Crippen molar-refractivity contribution in [3.63, 3.8) is 0 Å². The minimum absolute atomic E-state index is 0. The largest absolute Gasteiger partial charge is 1.00 e. The molecule has 0 aliphatic rings. The van der Waals surface area contributed by atoms with Crippen LogP contribution < -0.4 is 28.4 Å². The average molecular weight is 290 g/mol. The molecular weight excluding hydrogens is 276 g/mol. The number of nitrogen functional groups attached to an aromatic ring is 1. The minimum Gasteiger partial charge on any atom is -1.00 e. The lowest BCUT2D eigenvalue weighted by Gasteiger charge is -2.04. The fourth-order valence-electron chi connectivity index (χ4n) is 1.47. The number of nitrogens with two attached hydrogens (primary N) is 1. The van der Waals surface area contributed by atoms with Crippen LogP contribution in [0.2, 0.25) is 0 Å². The van der Waals surface area contributed by atoms with Crippen molar-refractivity contribution in [2.75, 3.05) is 11.1 Å². The topological polar surface area (TPSA) is 83.7 Å². The van der Waals surface area contributed by atoms with Crippen molar-refractivity contribution in [2.45, 2.75) is 6.54 Å². The molecule has 0 aliphatic carbocycles. The number of aromatic nitrogens is 1. The number of hydrogen-bond acceptors (Lipinski definition) is 2. The summed E-state index contributed by atoms with van der Waals surface area (Å²) >= 11 is 0. The highest BCUT2D eigenvalue weighted by molar-refractivity contribution is 5.34. The van der Waals surface area contributed by atoms with E-state index in [1.807, 2.05) is 0 Å². The zero-order valence-corrected chi connectivity index (χ0v) is 10.6. The van der Waals surface area contributed by atoms with Gasteiger partial charge in [-0.05, 0) is 18.2 Å². The van der Waals surface area contributed by atoms with Crippen LogP contribution in [0.3, 0.4) is 0 Å². The van der Waals surface area contributed by atoms with E-state index in [9.17, 15) is 8.78 Å². The number of aromatic amines is 1. The summed E-state index contributed by atoms with van der Waals surface area (Å²) in [5, 5.41) is 2.87. The Morgan fingerprint density at radius 1 is 1.05 bits per heavy atom. The van der Waals surface area contributed by atoms with Crippen LogP contribution >= 0.6 is 0 Å². The normalized spacial score (nSPS) is 9.16. The average Bonchev–Trinajstić information content (AvgIpc) is 2.28. The quantitative estimate of drug-likeness (QED) is 0.695. The molecule has 0 atom stereocenters. The molecule has 7 heteroatoms. The summed E-state index contributed by atoms with van der Waals surface area (Å²) in [6.45, 7) is 0.0540. The van der Waals surface area contributed by atoms with Crippen molar-refractivity contribution in [1.82, 2.24) is 0 Å². The maximum Gasteiger partial charge on any atom is 0.219 e. The van der Waals surface area contributed by atoms with E-state index in [4.69, 9.17) is 5.73 Å². The molecule has 6 N–H and O–H groups in total. The smallest absolute Gasteiger partial charge is 0.219 e. The molecule has 0 spiro atoms. The molecule has 104 valence electrons. The molecule has 0 amide bonds. The first-order valence-corrected chi connectivity index (χ1v) is 5.11. The predicted molar refractivity (Wildman–Crippen MR) is 64.7 cm³/mol. The number of pyridine rings is 1. The van der Waals surface area contributed by atoms with Gasteiger partial charge in [-0.25, -0.2) is 13.8 Å². The number of halogens is 3. The third kappa shape index (κ3) is 4.35. The second-order valence-electron chi connectivity index (χ2n) is 3.57. The fourth-order valence-corrected chi connectivity index (χ4v) is 1.47. The van der Waals surface area contributed by atoms with Crippen LogP contribution in [-0.2, 0) is 6.54 Å². The Kier molecular flexibility index (Phi) is 6.74. The van der Waals surface area contributed by atoms with Crippen LogP contribution in [0.25, 0.3) is 0 Å². The van der Waals surface area contributed by atoms with E-state index in [0.717, 1.165) is 0 Å². The molecule has 2 rings (SSSR count). The van der Waals surface area contributed by atoms with Crippen molar-refractivity contribution in [1.29, 1.82) is 0 Å². The van der Waals surface area contributed by atoms with E-state index < -0.39 is 11.6 Å². The van der Waals surface area contributed by atoms with E-state index in [0.29, 0.717) is 11.6 Å². The first kappa shape index (κ1) is 17.1. The molecule has 0 saturated heterocycles. The summed E-state index contributed by atoms with van der Waals surface area (Å²) in [6.07, 6.45) is 0. The zero-order chi connectivity index (χ0) is 12.3. The van der Waals surface area contributed by atoms with E-state index >= 15 is 0 Å². The van der Waals surface area contributed by atoms with Crippen molar-refractivity contribution >= 4 is 11.6 Å². The Labute approximate surface area is 115 Å². The Bertz CT molecular complexity index is 520. The molecular formula is C12H14ClF2N3O. The fraction of sp³-hybridized carbons (Fsp3) is 0.0833. The third-order valence-electron chi connectivity index (χ3n) is 2.33. The van der Waals surface area contributed by atoms with Gasteiger partial charge in [-0.15, -0.1) is 0 Å². The lowest BCUT2D eigenvalue weighted by molar-refractivity contribution is -0.343. The van der Waals surface area contributed by atoms with Gasteiger partial charge in [-0.3, -0.25) is 0 Å². The molecule has 1 aromatic carbocycles. The number of rotatable bonds is 3. The van der Waals surface area contributed by atoms with Crippen LogP contribution in [0.15, 0.2) is 36.4 Å². The van der Waals surface area contributed by atoms with Gasteiger partial charge in [0, 0.05) is 12.1 Å². The Morgan fingerprint density at radius 2 is 1.63 bits per heavy atom. The highest BCUT2D eigenvalue weighted by atomic mass is 35.5. The predicted octanol–water partition coefficient (Wildman–Crippen LogP) is -1.85. The highest BCUT2D eigenvalue weighted by Crippen LogP contribution is 2.13. The monoisotopic (exact) mass is 289 g/mol. The highest BCUT2D eigenvalue weighted by Gasteiger charge is 2.09. The van der Waals surface area contributed by atoms with Crippen LogP contribution in [-0.4, -0.2) is 5.48 Å².